The molecule has 2 amide bonds. The maximum atomic E-state index is 14.1. The fourth-order valence-electron chi connectivity index (χ4n) is 4.46. The average molecular weight is 621 g/mol. The molecule has 0 saturated heterocycles. The predicted molar refractivity (Wildman–Crippen MR) is 168 cm³/mol. The predicted octanol–water partition coefficient (Wildman–Crippen LogP) is 6.27. The number of benzene rings is 3. The highest BCUT2D eigenvalue weighted by molar-refractivity contribution is 7.99. The first-order valence-electron chi connectivity index (χ1n) is 13.4. The molecule has 0 aliphatic heterocycles. The summed E-state index contributed by atoms with van der Waals surface area (Å²) < 4.78 is 16.2. The lowest BCUT2D eigenvalue weighted by atomic mass is 10.0. The molecule has 0 fully saturated rings. The van der Waals surface area contributed by atoms with E-state index in [1.54, 1.807) is 66.6 Å². The fraction of sp³-hybridized carbons (Fsp3) is 0.250. The molecule has 1 heterocycles. The highest BCUT2D eigenvalue weighted by atomic mass is 35.5. The first kappa shape index (κ1) is 31.7. The van der Waals surface area contributed by atoms with E-state index in [0.29, 0.717) is 38.7 Å². The van der Waals surface area contributed by atoms with Gasteiger partial charge in [-0.15, -0.1) is 0 Å². The SMILES string of the molecule is COc1ccc(NC(=O)C(c2ccc(OC)c(OC)c2)N(Cc2ccc(Cl)cc2)C(=O)CSc2nc(C)cc(C)n2)cc1. The molecule has 1 aromatic heterocycles. The van der Waals surface area contributed by atoms with Gasteiger partial charge in [0, 0.05) is 28.6 Å². The van der Waals surface area contributed by atoms with Crippen LogP contribution >= 0.6 is 23.4 Å². The van der Waals surface area contributed by atoms with Crippen LogP contribution in [0.5, 0.6) is 17.2 Å². The molecule has 0 spiro atoms. The minimum Gasteiger partial charge on any atom is -0.497 e. The van der Waals surface area contributed by atoms with Crippen LogP contribution < -0.4 is 19.5 Å². The minimum atomic E-state index is -1.04. The summed E-state index contributed by atoms with van der Waals surface area (Å²) in [6, 6.07) is 20.1. The maximum absolute atomic E-state index is 14.1. The second-order valence-electron chi connectivity index (χ2n) is 9.60. The first-order chi connectivity index (χ1) is 20.7. The lowest BCUT2D eigenvalue weighted by molar-refractivity contribution is -0.137. The zero-order chi connectivity index (χ0) is 30.9. The highest BCUT2D eigenvalue weighted by Gasteiger charge is 2.33. The van der Waals surface area contributed by atoms with E-state index in [9.17, 15) is 9.59 Å². The van der Waals surface area contributed by atoms with Crippen LogP contribution in [0.3, 0.4) is 0 Å². The molecule has 0 aliphatic carbocycles. The van der Waals surface area contributed by atoms with E-state index in [1.165, 1.54) is 26.0 Å². The molecule has 3 aromatic carbocycles. The van der Waals surface area contributed by atoms with Gasteiger partial charge in [-0.3, -0.25) is 9.59 Å². The number of aryl methyl sites for hydroxylation is 2. The molecule has 1 N–H and O–H groups in total. The summed E-state index contributed by atoms with van der Waals surface area (Å²) in [6.07, 6.45) is 0. The van der Waals surface area contributed by atoms with Crippen molar-refractivity contribution in [3.8, 4) is 17.2 Å². The van der Waals surface area contributed by atoms with Gasteiger partial charge in [0.15, 0.2) is 16.7 Å². The summed E-state index contributed by atoms with van der Waals surface area (Å²) >= 11 is 7.36. The Labute approximate surface area is 260 Å². The summed E-state index contributed by atoms with van der Waals surface area (Å²) in [5, 5.41) is 4.02. The van der Waals surface area contributed by atoms with Gasteiger partial charge in [-0.1, -0.05) is 41.6 Å². The maximum Gasteiger partial charge on any atom is 0.251 e. The molecule has 1 unspecified atom stereocenters. The number of aromatic nitrogens is 2. The minimum absolute atomic E-state index is 0.0100. The third kappa shape index (κ3) is 8.39. The van der Waals surface area contributed by atoms with Crippen molar-refractivity contribution >= 4 is 40.9 Å². The molecule has 0 aliphatic rings. The summed E-state index contributed by atoms with van der Waals surface area (Å²) in [4.78, 5) is 38.6. The second kappa shape index (κ2) is 14.8. The van der Waals surface area contributed by atoms with Crippen molar-refractivity contribution in [3.63, 3.8) is 0 Å². The van der Waals surface area contributed by atoms with Crippen molar-refractivity contribution in [1.82, 2.24) is 14.9 Å². The van der Waals surface area contributed by atoms with Gasteiger partial charge >= 0.3 is 0 Å². The summed E-state index contributed by atoms with van der Waals surface area (Å²) in [5.74, 6) is 0.896. The Hall–Kier alpha value is -4.28. The van der Waals surface area contributed by atoms with Crippen LogP contribution in [-0.2, 0) is 16.1 Å². The van der Waals surface area contributed by atoms with Gasteiger partial charge < -0.3 is 24.4 Å². The van der Waals surface area contributed by atoms with Crippen LogP contribution in [0.1, 0.15) is 28.6 Å². The fourth-order valence-corrected chi connectivity index (χ4v) is 5.42. The molecule has 0 bridgehead atoms. The van der Waals surface area contributed by atoms with E-state index >= 15 is 0 Å². The smallest absolute Gasteiger partial charge is 0.251 e. The number of ether oxygens (including phenoxy) is 3. The number of hydrogen-bond acceptors (Lipinski definition) is 8. The quantitative estimate of drug-likeness (QED) is 0.146. The normalized spacial score (nSPS) is 11.4. The van der Waals surface area contributed by atoms with E-state index in [4.69, 9.17) is 25.8 Å². The Kier molecular flexibility index (Phi) is 10.9. The third-order valence-electron chi connectivity index (χ3n) is 6.51. The van der Waals surface area contributed by atoms with Gasteiger partial charge in [0.1, 0.15) is 11.8 Å². The monoisotopic (exact) mass is 620 g/mol. The number of halogens is 1. The number of thioether (sulfide) groups is 1. The van der Waals surface area contributed by atoms with Crippen molar-refractivity contribution in [2.45, 2.75) is 31.6 Å². The van der Waals surface area contributed by atoms with Gasteiger partial charge in [-0.2, -0.15) is 0 Å². The van der Waals surface area contributed by atoms with Crippen molar-refractivity contribution in [1.29, 1.82) is 0 Å². The van der Waals surface area contributed by atoms with E-state index < -0.39 is 11.9 Å². The van der Waals surface area contributed by atoms with Crippen LogP contribution in [0.4, 0.5) is 5.69 Å². The summed E-state index contributed by atoms with van der Waals surface area (Å²) in [6.45, 7) is 3.90. The van der Waals surface area contributed by atoms with Gasteiger partial charge in [-0.25, -0.2) is 9.97 Å². The Morgan fingerprint density at radius 1 is 0.860 bits per heavy atom. The number of nitrogens with zero attached hydrogens (tertiary/aromatic N) is 3. The van der Waals surface area contributed by atoms with Gasteiger partial charge in [-0.05, 0) is 79.6 Å². The van der Waals surface area contributed by atoms with E-state index in [2.05, 4.69) is 15.3 Å². The van der Waals surface area contributed by atoms with Crippen LogP contribution in [0, 0.1) is 13.8 Å². The molecule has 1 atom stereocenters. The van der Waals surface area contributed by atoms with Crippen LogP contribution in [-0.4, -0.2) is 53.8 Å². The molecule has 0 saturated carbocycles. The number of anilines is 1. The third-order valence-corrected chi connectivity index (χ3v) is 7.60. The van der Waals surface area contributed by atoms with Crippen molar-refractivity contribution in [2.75, 3.05) is 32.4 Å². The van der Waals surface area contributed by atoms with Crippen LogP contribution in [0.2, 0.25) is 5.02 Å². The Morgan fingerprint density at radius 3 is 2.12 bits per heavy atom. The molecular formula is C32H33ClN4O5S. The van der Waals surface area contributed by atoms with E-state index in [-0.39, 0.29) is 18.2 Å². The lowest BCUT2D eigenvalue weighted by Gasteiger charge is -2.32. The number of rotatable bonds is 12. The number of nitrogens with one attached hydrogen (secondary N) is 1. The first-order valence-corrected chi connectivity index (χ1v) is 14.7. The Balaban J connectivity index is 1.75. The largest absolute Gasteiger partial charge is 0.497 e. The zero-order valence-electron chi connectivity index (χ0n) is 24.6. The molecule has 4 rings (SSSR count). The van der Waals surface area contributed by atoms with Crippen LogP contribution in [0.25, 0.3) is 0 Å². The second-order valence-corrected chi connectivity index (χ2v) is 11.0. The van der Waals surface area contributed by atoms with Gasteiger partial charge in [0.2, 0.25) is 5.91 Å². The van der Waals surface area contributed by atoms with Gasteiger partial charge in [0.05, 0.1) is 27.1 Å². The van der Waals surface area contributed by atoms with Crippen molar-refractivity contribution < 1.29 is 23.8 Å². The number of methoxy groups -OCH3 is 3. The number of amides is 2. The zero-order valence-corrected chi connectivity index (χ0v) is 26.2. The molecule has 9 nitrogen and oxygen atoms in total. The number of carbonyl (C=O) groups is 2. The molecule has 43 heavy (non-hydrogen) atoms. The molecule has 0 radical (unpaired) electrons. The van der Waals surface area contributed by atoms with Crippen molar-refractivity contribution in [2.24, 2.45) is 0 Å². The summed E-state index contributed by atoms with van der Waals surface area (Å²) in [5.41, 5.74) is 3.50. The standard InChI is InChI=1S/C32H33ClN4O5S/c1-20-16-21(2)35-32(34-20)43-19-29(38)37(18-22-6-9-24(33)10-7-22)30(23-8-15-27(41-4)28(17-23)42-5)31(39)36-25-11-13-26(40-3)14-12-25/h6-17,30H,18-19H2,1-5H3,(H,36,39). The molecular weight excluding hydrogens is 588 g/mol. The van der Waals surface area contributed by atoms with E-state index in [1.807, 2.05) is 32.0 Å². The van der Waals surface area contributed by atoms with Gasteiger partial charge in [0.25, 0.3) is 5.91 Å². The molecule has 4 aromatic rings. The Morgan fingerprint density at radius 2 is 1.51 bits per heavy atom. The molecule has 11 heteroatoms. The number of hydrogen-bond donors (Lipinski definition) is 1. The lowest BCUT2D eigenvalue weighted by Crippen LogP contribution is -2.41. The topological polar surface area (TPSA) is 103 Å². The Bertz CT molecular complexity index is 1550. The summed E-state index contributed by atoms with van der Waals surface area (Å²) in [7, 11) is 4.63. The van der Waals surface area contributed by atoms with Crippen molar-refractivity contribution in [3.05, 3.63) is 100 Å². The number of carbonyl (C=O) groups excluding carboxylic acids is 2. The highest BCUT2D eigenvalue weighted by Crippen LogP contribution is 2.34. The average Bonchev–Trinajstić information content (AvgIpc) is 3.00. The van der Waals surface area contributed by atoms with Crippen LogP contribution in [0.15, 0.2) is 78.0 Å². The molecule has 224 valence electrons. The van der Waals surface area contributed by atoms with E-state index in [0.717, 1.165) is 17.0 Å².